The van der Waals surface area contributed by atoms with E-state index in [-0.39, 0.29) is 0 Å². The van der Waals surface area contributed by atoms with Gasteiger partial charge >= 0.3 is 0 Å². The highest BCUT2D eigenvalue weighted by Crippen LogP contribution is 2.24. The molecule has 2 aromatic carbocycles. The summed E-state index contributed by atoms with van der Waals surface area (Å²) in [5, 5.41) is 12.2. The first kappa shape index (κ1) is 18.1. The standard InChI is InChI=1S/C20H19N5O2S/c1-13-10-15(3)19(11-14(13)2)28(26,27)24-17-6-4-16(5-7-17)18-8-9-20-22-21-12-25(20)23-18/h4-12,24H,1-3H3. The van der Waals surface area contributed by atoms with Crippen molar-refractivity contribution in [3.05, 3.63) is 71.5 Å². The Kier molecular flexibility index (Phi) is 4.35. The molecular formula is C20H19N5O2S. The first-order valence-electron chi connectivity index (χ1n) is 8.72. The molecule has 7 nitrogen and oxygen atoms in total. The average Bonchev–Trinajstić information content (AvgIpc) is 3.12. The summed E-state index contributed by atoms with van der Waals surface area (Å²) in [5.41, 5.74) is 5.49. The molecule has 0 radical (unpaired) electrons. The van der Waals surface area contributed by atoms with Crippen molar-refractivity contribution in [1.82, 2.24) is 19.8 Å². The second-order valence-electron chi connectivity index (χ2n) is 6.74. The predicted molar refractivity (Wildman–Crippen MR) is 108 cm³/mol. The Morgan fingerprint density at radius 1 is 0.893 bits per heavy atom. The molecule has 2 heterocycles. The summed E-state index contributed by atoms with van der Waals surface area (Å²) in [5.74, 6) is 0. The van der Waals surface area contributed by atoms with Crippen LogP contribution in [0.1, 0.15) is 16.7 Å². The van der Waals surface area contributed by atoms with Crippen molar-refractivity contribution in [2.24, 2.45) is 0 Å². The fourth-order valence-corrected chi connectivity index (χ4v) is 4.40. The summed E-state index contributed by atoms with van der Waals surface area (Å²) in [6.07, 6.45) is 1.53. The number of anilines is 1. The van der Waals surface area contributed by atoms with Crippen LogP contribution in [0.2, 0.25) is 0 Å². The van der Waals surface area contributed by atoms with E-state index in [0.29, 0.717) is 16.2 Å². The second kappa shape index (κ2) is 6.72. The third-order valence-corrected chi connectivity index (χ3v) is 6.20. The van der Waals surface area contributed by atoms with Crippen LogP contribution in [0.15, 0.2) is 59.8 Å². The summed E-state index contributed by atoms with van der Waals surface area (Å²) in [6.45, 7) is 5.68. The number of hydrogen-bond acceptors (Lipinski definition) is 5. The third-order valence-electron chi connectivity index (χ3n) is 4.68. The highest BCUT2D eigenvalue weighted by Gasteiger charge is 2.18. The Bertz CT molecular complexity index is 1280. The number of nitrogens with zero attached hydrogens (tertiary/aromatic N) is 4. The molecule has 1 N–H and O–H groups in total. The molecule has 2 aromatic heterocycles. The van der Waals surface area contributed by atoms with Crippen molar-refractivity contribution < 1.29 is 8.42 Å². The van der Waals surface area contributed by atoms with Gasteiger partial charge in [0.1, 0.15) is 6.33 Å². The molecule has 8 heteroatoms. The molecule has 0 aliphatic carbocycles. The van der Waals surface area contributed by atoms with Crippen molar-refractivity contribution in [1.29, 1.82) is 0 Å². The Morgan fingerprint density at radius 3 is 2.36 bits per heavy atom. The zero-order valence-electron chi connectivity index (χ0n) is 15.7. The van der Waals surface area contributed by atoms with Crippen LogP contribution < -0.4 is 4.72 Å². The largest absolute Gasteiger partial charge is 0.280 e. The number of aryl methyl sites for hydroxylation is 3. The van der Waals surface area contributed by atoms with Crippen LogP contribution in [0.4, 0.5) is 5.69 Å². The molecule has 142 valence electrons. The van der Waals surface area contributed by atoms with Crippen molar-refractivity contribution in [2.45, 2.75) is 25.7 Å². The van der Waals surface area contributed by atoms with Gasteiger partial charge in [-0.2, -0.15) is 9.61 Å². The van der Waals surface area contributed by atoms with Gasteiger partial charge in [0.25, 0.3) is 10.0 Å². The Morgan fingerprint density at radius 2 is 1.61 bits per heavy atom. The minimum absolute atomic E-state index is 0.291. The summed E-state index contributed by atoms with van der Waals surface area (Å²) in [7, 11) is -3.67. The molecule has 28 heavy (non-hydrogen) atoms. The molecule has 0 unspecified atom stereocenters. The van der Waals surface area contributed by atoms with E-state index in [2.05, 4.69) is 20.0 Å². The van der Waals surface area contributed by atoms with Gasteiger partial charge in [-0.05, 0) is 67.8 Å². The minimum Gasteiger partial charge on any atom is -0.280 e. The smallest absolute Gasteiger partial charge is 0.262 e. The number of nitrogens with one attached hydrogen (secondary N) is 1. The lowest BCUT2D eigenvalue weighted by Gasteiger charge is -2.13. The normalized spacial score (nSPS) is 11.7. The number of rotatable bonds is 4. The number of benzene rings is 2. The van der Waals surface area contributed by atoms with Crippen LogP contribution in [-0.2, 0) is 10.0 Å². The van der Waals surface area contributed by atoms with Crippen molar-refractivity contribution in [2.75, 3.05) is 4.72 Å². The first-order valence-corrected chi connectivity index (χ1v) is 10.2. The van der Waals surface area contributed by atoms with Gasteiger partial charge in [-0.15, -0.1) is 10.2 Å². The fraction of sp³-hybridized carbons (Fsp3) is 0.150. The van der Waals surface area contributed by atoms with E-state index in [1.54, 1.807) is 29.6 Å². The minimum atomic E-state index is -3.67. The number of sulfonamides is 1. The summed E-state index contributed by atoms with van der Waals surface area (Å²) < 4.78 is 29.9. The lowest BCUT2D eigenvalue weighted by atomic mass is 10.1. The molecule has 0 aliphatic heterocycles. The van der Waals surface area contributed by atoms with Crippen LogP contribution in [-0.4, -0.2) is 28.2 Å². The van der Waals surface area contributed by atoms with Crippen LogP contribution >= 0.6 is 0 Å². The second-order valence-corrected chi connectivity index (χ2v) is 8.39. The van der Waals surface area contributed by atoms with Gasteiger partial charge in [-0.3, -0.25) is 4.72 Å². The van der Waals surface area contributed by atoms with Crippen LogP contribution in [0, 0.1) is 20.8 Å². The van der Waals surface area contributed by atoms with Gasteiger partial charge in [0.2, 0.25) is 0 Å². The van der Waals surface area contributed by atoms with E-state index in [9.17, 15) is 8.42 Å². The van der Waals surface area contributed by atoms with Gasteiger partial charge in [0.05, 0.1) is 10.6 Å². The quantitative estimate of drug-likeness (QED) is 0.573. The van der Waals surface area contributed by atoms with Crippen LogP contribution in [0.5, 0.6) is 0 Å². The summed E-state index contributed by atoms with van der Waals surface area (Å²) in [6, 6.07) is 14.4. The lowest BCUT2D eigenvalue weighted by molar-refractivity contribution is 0.600. The summed E-state index contributed by atoms with van der Waals surface area (Å²) >= 11 is 0. The zero-order valence-corrected chi connectivity index (χ0v) is 16.5. The number of fused-ring (bicyclic) bond motifs is 1. The number of hydrogen-bond donors (Lipinski definition) is 1. The average molecular weight is 393 g/mol. The van der Waals surface area contributed by atoms with E-state index >= 15 is 0 Å². The Hall–Kier alpha value is -3.26. The topological polar surface area (TPSA) is 89.2 Å². The molecule has 4 rings (SSSR count). The third kappa shape index (κ3) is 3.34. The first-order chi connectivity index (χ1) is 13.3. The molecular weight excluding hydrogens is 374 g/mol. The lowest BCUT2D eigenvalue weighted by Crippen LogP contribution is -2.14. The molecule has 0 bridgehead atoms. The maximum atomic E-state index is 12.8. The molecule has 0 aliphatic rings. The van der Waals surface area contributed by atoms with Crippen LogP contribution in [0.25, 0.3) is 16.9 Å². The monoisotopic (exact) mass is 393 g/mol. The van der Waals surface area contributed by atoms with Gasteiger partial charge in [-0.1, -0.05) is 18.2 Å². The van der Waals surface area contributed by atoms with Crippen molar-refractivity contribution >= 4 is 21.4 Å². The predicted octanol–water partition coefficient (Wildman–Crippen LogP) is 3.52. The van der Waals surface area contributed by atoms with Gasteiger partial charge in [0.15, 0.2) is 5.65 Å². The van der Waals surface area contributed by atoms with E-state index in [1.165, 1.54) is 6.33 Å². The SMILES string of the molecule is Cc1cc(C)c(S(=O)(=O)Nc2ccc(-c3ccc4nncn4n3)cc2)cc1C. The molecule has 0 saturated carbocycles. The van der Waals surface area contributed by atoms with E-state index < -0.39 is 10.0 Å². The maximum absolute atomic E-state index is 12.8. The maximum Gasteiger partial charge on any atom is 0.262 e. The molecule has 0 spiro atoms. The van der Waals surface area contributed by atoms with E-state index in [0.717, 1.165) is 27.9 Å². The van der Waals surface area contributed by atoms with E-state index in [1.807, 2.05) is 44.2 Å². The molecule has 4 aromatic rings. The van der Waals surface area contributed by atoms with Crippen LogP contribution in [0.3, 0.4) is 0 Å². The summed E-state index contributed by atoms with van der Waals surface area (Å²) in [4.78, 5) is 0.291. The molecule has 0 saturated heterocycles. The molecule has 0 atom stereocenters. The Labute approximate surface area is 163 Å². The highest BCUT2D eigenvalue weighted by molar-refractivity contribution is 7.92. The van der Waals surface area contributed by atoms with Crippen molar-refractivity contribution in [3.63, 3.8) is 0 Å². The zero-order chi connectivity index (χ0) is 19.9. The van der Waals surface area contributed by atoms with Gasteiger partial charge < -0.3 is 0 Å². The van der Waals surface area contributed by atoms with Crippen molar-refractivity contribution in [3.8, 4) is 11.3 Å². The van der Waals surface area contributed by atoms with Gasteiger partial charge in [0, 0.05) is 11.3 Å². The fourth-order valence-electron chi connectivity index (χ4n) is 3.03. The van der Waals surface area contributed by atoms with Gasteiger partial charge in [-0.25, -0.2) is 8.42 Å². The number of aromatic nitrogens is 4. The molecule has 0 fully saturated rings. The molecule has 0 amide bonds. The highest BCUT2D eigenvalue weighted by atomic mass is 32.2. The Balaban J connectivity index is 1.61. The van der Waals surface area contributed by atoms with E-state index in [4.69, 9.17) is 0 Å².